The molecule has 0 saturated carbocycles. The Balaban J connectivity index is 2.14. The van der Waals surface area contributed by atoms with Crippen molar-refractivity contribution in [3.63, 3.8) is 0 Å². The van der Waals surface area contributed by atoms with E-state index in [0.717, 1.165) is 17.5 Å². The topological polar surface area (TPSA) is 81.1 Å². The summed E-state index contributed by atoms with van der Waals surface area (Å²) in [6.07, 6.45) is 2.86. The normalized spacial score (nSPS) is 12.9. The molecule has 7 heteroatoms. The van der Waals surface area contributed by atoms with Crippen LogP contribution in [-0.4, -0.2) is 30.4 Å². The second-order valence-electron chi connectivity index (χ2n) is 5.30. The maximum Gasteiger partial charge on any atom is 0.251 e. The number of hydrogen-bond acceptors (Lipinski definition) is 4. The maximum absolute atomic E-state index is 12.2. The highest BCUT2D eigenvalue weighted by Gasteiger charge is 2.16. The number of sulfone groups is 1. The van der Waals surface area contributed by atoms with E-state index in [2.05, 4.69) is 10.4 Å². The van der Waals surface area contributed by atoms with Gasteiger partial charge in [-0.2, -0.15) is 5.10 Å². The van der Waals surface area contributed by atoms with Gasteiger partial charge in [0.25, 0.3) is 5.91 Å². The minimum absolute atomic E-state index is 0.184. The molecule has 1 unspecified atom stereocenters. The Hall–Kier alpha value is -2.15. The Morgan fingerprint density at radius 1 is 1.27 bits per heavy atom. The molecule has 1 heterocycles. The van der Waals surface area contributed by atoms with Crippen LogP contribution < -0.4 is 5.32 Å². The molecular formula is C15H19N3O3S. The Morgan fingerprint density at radius 3 is 2.32 bits per heavy atom. The predicted octanol–water partition coefficient (Wildman–Crippen LogP) is 1.62. The summed E-state index contributed by atoms with van der Waals surface area (Å²) in [5, 5.41) is 7.04. The highest BCUT2D eigenvalue weighted by atomic mass is 32.2. The Bertz CT molecular complexity index is 792. The van der Waals surface area contributed by atoms with Crippen molar-refractivity contribution in [2.75, 3.05) is 6.26 Å². The molecule has 1 atom stereocenters. The fourth-order valence-corrected chi connectivity index (χ4v) is 2.78. The third kappa shape index (κ3) is 3.36. The number of rotatable bonds is 4. The number of nitrogens with one attached hydrogen (secondary N) is 1. The molecule has 2 rings (SSSR count). The summed E-state index contributed by atoms with van der Waals surface area (Å²) in [5.74, 6) is -0.254. The monoisotopic (exact) mass is 321 g/mol. The van der Waals surface area contributed by atoms with Crippen LogP contribution in [0.4, 0.5) is 0 Å². The van der Waals surface area contributed by atoms with E-state index in [9.17, 15) is 13.2 Å². The zero-order valence-corrected chi connectivity index (χ0v) is 13.8. The van der Waals surface area contributed by atoms with Gasteiger partial charge in [0, 0.05) is 30.1 Å². The lowest BCUT2D eigenvalue weighted by atomic mass is 10.1. The van der Waals surface area contributed by atoms with Gasteiger partial charge in [0.05, 0.1) is 17.1 Å². The van der Waals surface area contributed by atoms with Gasteiger partial charge < -0.3 is 5.32 Å². The molecule has 0 bridgehead atoms. The molecule has 118 valence electrons. The molecule has 0 radical (unpaired) electrons. The largest absolute Gasteiger partial charge is 0.345 e. The van der Waals surface area contributed by atoms with Gasteiger partial charge >= 0.3 is 0 Å². The van der Waals surface area contributed by atoms with E-state index >= 15 is 0 Å². The van der Waals surface area contributed by atoms with Gasteiger partial charge in [-0.25, -0.2) is 8.42 Å². The van der Waals surface area contributed by atoms with Crippen molar-refractivity contribution in [1.82, 2.24) is 15.1 Å². The van der Waals surface area contributed by atoms with Crippen LogP contribution in [0.15, 0.2) is 35.4 Å². The van der Waals surface area contributed by atoms with Crippen LogP contribution in [-0.2, 0) is 16.9 Å². The zero-order chi connectivity index (χ0) is 16.5. The van der Waals surface area contributed by atoms with E-state index in [4.69, 9.17) is 0 Å². The first-order valence-corrected chi connectivity index (χ1v) is 8.69. The highest BCUT2D eigenvalue weighted by molar-refractivity contribution is 7.90. The van der Waals surface area contributed by atoms with E-state index in [1.165, 1.54) is 24.3 Å². The molecule has 1 amide bonds. The standard InChI is InChI=1S/C15H19N3O3S/c1-10(14-9-16-18(3)11(14)2)17-15(19)12-5-7-13(8-6-12)22(4,20)21/h5-10H,1-4H3,(H,17,19). The minimum Gasteiger partial charge on any atom is -0.345 e. The summed E-state index contributed by atoms with van der Waals surface area (Å²) in [6, 6.07) is 5.70. The third-order valence-electron chi connectivity index (χ3n) is 3.63. The molecule has 1 N–H and O–H groups in total. The number of aryl methyl sites for hydroxylation is 1. The number of benzene rings is 1. The van der Waals surface area contributed by atoms with Gasteiger partial charge in [0.15, 0.2) is 9.84 Å². The van der Waals surface area contributed by atoms with E-state index in [0.29, 0.717) is 5.56 Å². The number of aromatic nitrogens is 2. The second-order valence-corrected chi connectivity index (χ2v) is 7.32. The Morgan fingerprint density at radius 2 is 1.86 bits per heavy atom. The van der Waals surface area contributed by atoms with Crippen molar-refractivity contribution in [2.45, 2.75) is 24.8 Å². The average Bonchev–Trinajstić information content (AvgIpc) is 2.78. The zero-order valence-electron chi connectivity index (χ0n) is 13.0. The van der Waals surface area contributed by atoms with E-state index in [1.807, 2.05) is 20.9 Å². The SMILES string of the molecule is Cc1c(C(C)NC(=O)c2ccc(S(C)(=O)=O)cc2)cnn1C. The van der Waals surface area contributed by atoms with Gasteiger partial charge in [0.2, 0.25) is 0 Å². The summed E-state index contributed by atoms with van der Waals surface area (Å²) in [7, 11) is -1.41. The van der Waals surface area contributed by atoms with Gasteiger partial charge in [0.1, 0.15) is 0 Å². The lowest BCUT2D eigenvalue weighted by Gasteiger charge is -2.14. The van der Waals surface area contributed by atoms with Crippen molar-refractivity contribution in [3.8, 4) is 0 Å². The molecular weight excluding hydrogens is 302 g/mol. The lowest BCUT2D eigenvalue weighted by molar-refractivity contribution is 0.0939. The van der Waals surface area contributed by atoms with Gasteiger partial charge in [-0.1, -0.05) is 0 Å². The van der Waals surface area contributed by atoms with Crippen molar-refractivity contribution >= 4 is 15.7 Å². The molecule has 0 spiro atoms. The molecule has 0 aliphatic carbocycles. The summed E-state index contributed by atoms with van der Waals surface area (Å²) in [4.78, 5) is 12.4. The van der Waals surface area contributed by atoms with Crippen LogP contribution in [0.5, 0.6) is 0 Å². The molecule has 2 aromatic rings. The van der Waals surface area contributed by atoms with Gasteiger partial charge in [-0.05, 0) is 38.1 Å². The molecule has 1 aromatic heterocycles. The van der Waals surface area contributed by atoms with Crippen LogP contribution in [0, 0.1) is 6.92 Å². The van der Waals surface area contributed by atoms with Crippen LogP contribution in [0.25, 0.3) is 0 Å². The maximum atomic E-state index is 12.2. The van der Waals surface area contributed by atoms with Crippen molar-refractivity contribution in [1.29, 1.82) is 0 Å². The number of hydrogen-bond donors (Lipinski definition) is 1. The van der Waals surface area contributed by atoms with Crippen LogP contribution >= 0.6 is 0 Å². The van der Waals surface area contributed by atoms with Crippen LogP contribution in [0.1, 0.15) is 34.6 Å². The van der Waals surface area contributed by atoms with E-state index in [1.54, 1.807) is 10.9 Å². The highest BCUT2D eigenvalue weighted by Crippen LogP contribution is 2.17. The first-order valence-electron chi connectivity index (χ1n) is 6.79. The Kier molecular flexibility index (Phi) is 4.37. The van der Waals surface area contributed by atoms with Crippen LogP contribution in [0.2, 0.25) is 0 Å². The van der Waals surface area contributed by atoms with E-state index < -0.39 is 9.84 Å². The quantitative estimate of drug-likeness (QED) is 0.928. The number of nitrogens with zero attached hydrogens (tertiary/aromatic N) is 2. The van der Waals surface area contributed by atoms with E-state index in [-0.39, 0.29) is 16.8 Å². The molecule has 0 fully saturated rings. The Labute approximate surface area is 130 Å². The number of amides is 1. The number of carbonyl (C=O) groups excluding carboxylic acids is 1. The fourth-order valence-electron chi connectivity index (χ4n) is 2.15. The van der Waals surface area contributed by atoms with Crippen molar-refractivity contribution in [3.05, 3.63) is 47.3 Å². The first-order chi connectivity index (χ1) is 10.2. The number of carbonyl (C=O) groups is 1. The lowest BCUT2D eigenvalue weighted by Crippen LogP contribution is -2.27. The van der Waals surface area contributed by atoms with Crippen molar-refractivity contribution < 1.29 is 13.2 Å². The summed E-state index contributed by atoms with van der Waals surface area (Å²) in [6.45, 7) is 3.82. The fraction of sp³-hybridized carbons (Fsp3) is 0.333. The van der Waals surface area contributed by atoms with Gasteiger partial charge in [-0.15, -0.1) is 0 Å². The predicted molar refractivity (Wildman–Crippen MR) is 83.4 cm³/mol. The first kappa shape index (κ1) is 16.2. The summed E-state index contributed by atoms with van der Waals surface area (Å²) >= 11 is 0. The van der Waals surface area contributed by atoms with Gasteiger partial charge in [-0.3, -0.25) is 9.48 Å². The average molecular weight is 321 g/mol. The van der Waals surface area contributed by atoms with Crippen LogP contribution in [0.3, 0.4) is 0 Å². The molecule has 0 aliphatic heterocycles. The van der Waals surface area contributed by atoms with Crippen molar-refractivity contribution in [2.24, 2.45) is 7.05 Å². The molecule has 0 saturated heterocycles. The third-order valence-corrected chi connectivity index (χ3v) is 4.76. The summed E-state index contributed by atoms with van der Waals surface area (Å²) in [5.41, 5.74) is 2.35. The second kappa shape index (κ2) is 5.92. The molecule has 22 heavy (non-hydrogen) atoms. The molecule has 1 aromatic carbocycles. The smallest absolute Gasteiger partial charge is 0.251 e. The minimum atomic E-state index is -3.26. The molecule has 6 nitrogen and oxygen atoms in total. The summed E-state index contributed by atoms with van der Waals surface area (Å²) < 4.78 is 24.6. The molecule has 0 aliphatic rings.